The van der Waals surface area contributed by atoms with E-state index in [1.165, 1.54) is 0 Å². The number of amides is 1. The molecule has 0 fully saturated rings. The minimum absolute atomic E-state index is 0.0547. The Morgan fingerprint density at radius 1 is 1.16 bits per heavy atom. The topological polar surface area (TPSA) is 99.2 Å². The number of aromatic nitrogens is 6. The monoisotopic (exact) mass is 417 g/mol. The van der Waals surface area contributed by atoms with Gasteiger partial charge in [0.05, 0.1) is 12.8 Å². The smallest absolute Gasteiger partial charge is 0.226 e. The molecule has 4 heterocycles. The molecule has 0 bridgehead atoms. The lowest BCUT2D eigenvalue weighted by molar-refractivity contribution is -0.116. The fourth-order valence-corrected chi connectivity index (χ4v) is 3.75. The van der Waals surface area contributed by atoms with Crippen molar-refractivity contribution in [3.05, 3.63) is 59.5 Å². The Kier molecular flexibility index (Phi) is 4.65. The van der Waals surface area contributed by atoms with Gasteiger partial charge in [-0.2, -0.15) is 14.3 Å². The minimum atomic E-state index is -0.0861. The van der Waals surface area contributed by atoms with Crippen LogP contribution < -0.4 is 10.1 Å². The van der Waals surface area contributed by atoms with Gasteiger partial charge in [-0.1, -0.05) is 26.0 Å². The molecule has 0 saturated heterocycles. The van der Waals surface area contributed by atoms with Gasteiger partial charge in [-0.25, -0.2) is 0 Å². The van der Waals surface area contributed by atoms with Crippen molar-refractivity contribution in [2.75, 3.05) is 11.9 Å². The number of carbonyl (C=O) groups is 1. The summed E-state index contributed by atoms with van der Waals surface area (Å²) in [6.07, 6.45) is 2.16. The molecule has 1 aliphatic heterocycles. The number of carbonyl (C=O) groups excluding carboxylic acids is 1. The molecule has 0 aliphatic carbocycles. The molecule has 0 saturated carbocycles. The zero-order chi connectivity index (χ0) is 21.5. The highest BCUT2D eigenvalue weighted by molar-refractivity contribution is 5.94. The Morgan fingerprint density at radius 2 is 1.97 bits per heavy atom. The summed E-state index contributed by atoms with van der Waals surface area (Å²) < 4.78 is 9.09. The highest BCUT2D eigenvalue weighted by Crippen LogP contribution is 2.38. The first kappa shape index (κ1) is 19.2. The van der Waals surface area contributed by atoms with E-state index in [9.17, 15) is 4.79 Å². The molecule has 4 aromatic rings. The minimum Gasteiger partial charge on any atom is -0.493 e. The van der Waals surface area contributed by atoms with Crippen molar-refractivity contribution in [1.82, 2.24) is 29.6 Å². The number of rotatable bonds is 5. The highest BCUT2D eigenvalue weighted by atomic mass is 16.5. The van der Waals surface area contributed by atoms with Crippen molar-refractivity contribution in [1.29, 1.82) is 0 Å². The second kappa shape index (κ2) is 7.50. The number of ether oxygens (including phenoxy) is 1. The third-order valence-corrected chi connectivity index (χ3v) is 5.31. The zero-order valence-electron chi connectivity index (χ0n) is 17.6. The SMILES string of the molecule is Cc1nnc2ccc(-n3ncc4c3NC(=O)C[C@@H]4c3ccc(OCC(C)C)cc3)nn12. The first-order valence-electron chi connectivity index (χ1n) is 10.3. The number of anilines is 1. The molecule has 9 nitrogen and oxygen atoms in total. The Morgan fingerprint density at radius 3 is 2.74 bits per heavy atom. The van der Waals surface area contributed by atoms with E-state index in [1.807, 2.05) is 43.3 Å². The van der Waals surface area contributed by atoms with Gasteiger partial charge in [-0.05, 0) is 42.7 Å². The van der Waals surface area contributed by atoms with E-state index < -0.39 is 0 Å². The van der Waals surface area contributed by atoms with Crippen LogP contribution in [-0.4, -0.2) is 42.1 Å². The van der Waals surface area contributed by atoms with Crippen molar-refractivity contribution in [3.63, 3.8) is 0 Å². The van der Waals surface area contributed by atoms with Gasteiger partial charge >= 0.3 is 0 Å². The van der Waals surface area contributed by atoms with Crippen LogP contribution in [-0.2, 0) is 4.79 Å². The Hall–Kier alpha value is -3.75. The largest absolute Gasteiger partial charge is 0.493 e. The van der Waals surface area contributed by atoms with Crippen LogP contribution >= 0.6 is 0 Å². The van der Waals surface area contributed by atoms with Crippen LogP contribution in [0.15, 0.2) is 42.6 Å². The van der Waals surface area contributed by atoms with Crippen LogP contribution in [0.3, 0.4) is 0 Å². The van der Waals surface area contributed by atoms with E-state index >= 15 is 0 Å². The highest BCUT2D eigenvalue weighted by Gasteiger charge is 2.30. The average molecular weight is 417 g/mol. The molecule has 31 heavy (non-hydrogen) atoms. The molecule has 1 atom stereocenters. The van der Waals surface area contributed by atoms with Gasteiger partial charge in [0.1, 0.15) is 11.6 Å². The summed E-state index contributed by atoms with van der Waals surface area (Å²) in [7, 11) is 0. The van der Waals surface area contributed by atoms with Gasteiger partial charge in [0.25, 0.3) is 0 Å². The number of aryl methyl sites for hydroxylation is 1. The summed E-state index contributed by atoms with van der Waals surface area (Å²) in [4.78, 5) is 12.5. The van der Waals surface area contributed by atoms with Crippen molar-refractivity contribution in [3.8, 4) is 11.6 Å². The second-order valence-electron chi connectivity index (χ2n) is 8.15. The molecule has 0 radical (unpaired) electrons. The van der Waals surface area contributed by atoms with Crippen molar-refractivity contribution in [2.45, 2.75) is 33.1 Å². The molecule has 0 unspecified atom stereocenters. The standard InChI is InChI=1S/C22H23N7O2/c1-13(2)12-31-16-6-4-15(5-7-16)17-10-21(30)24-22-18(17)11-23-29(22)20-9-8-19-26-25-14(3)28(19)27-20/h4-9,11,13,17H,10,12H2,1-3H3,(H,24,30)/t17-/m1/s1. The molecule has 5 rings (SSSR count). The Bertz CT molecular complexity index is 1260. The molecular weight excluding hydrogens is 394 g/mol. The second-order valence-corrected chi connectivity index (χ2v) is 8.15. The van der Waals surface area contributed by atoms with Crippen molar-refractivity contribution >= 4 is 17.4 Å². The normalized spacial score (nSPS) is 15.9. The Labute approximate surface area is 179 Å². The average Bonchev–Trinajstić information content (AvgIpc) is 3.35. The lowest BCUT2D eigenvalue weighted by atomic mass is 9.87. The molecule has 9 heteroatoms. The maximum atomic E-state index is 12.5. The third-order valence-electron chi connectivity index (χ3n) is 5.31. The van der Waals surface area contributed by atoms with Gasteiger partial charge in [-0.3, -0.25) is 4.79 Å². The molecule has 3 aromatic heterocycles. The molecule has 1 aliphatic rings. The van der Waals surface area contributed by atoms with Crippen LogP contribution in [0.4, 0.5) is 5.82 Å². The number of hydrogen-bond donors (Lipinski definition) is 1. The predicted octanol–water partition coefficient (Wildman–Crippen LogP) is 3.13. The van der Waals surface area contributed by atoms with Crippen LogP contribution in [0.5, 0.6) is 5.75 Å². The first-order valence-corrected chi connectivity index (χ1v) is 10.3. The van der Waals surface area contributed by atoms with Gasteiger partial charge in [0.15, 0.2) is 17.3 Å². The summed E-state index contributed by atoms with van der Waals surface area (Å²) in [6, 6.07) is 11.6. The van der Waals surface area contributed by atoms with E-state index in [-0.39, 0.29) is 11.8 Å². The molecule has 1 aromatic carbocycles. The van der Waals surface area contributed by atoms with Crippen LogP contribution in [0.1, 0.15) is 43.1 Å². The maximum Gasteiger partial charge on any atom is 0.226 e. The van der Waals surface area contributed by atoms with Crippen molar-refractivity contribution < 1.29 is 9.53 Å². The third kappa shape index (κ3) is 3.52. The zero-order valence-corrected chi connectivity index (χ0v) is 17.6. The summed E-state index contributed by atoms with van der Waals surface area (Å²) in [6.45, 7) is 6.74. The fourth-order valence-electron chi connectivity index (χ4n) is 3.75. The van der Waals surface area contributed by atoms with Crippen LogP contribution in [0.25, 0.3) is 11.5 Å². The lowest BCUT2D eigenvalue weighted by Crippen LogP contribution is -2.24. The van der Waals surface area contributed by atoms with Crippen molar-refractivity contribution in [2.24, 2.45) is 5.92 Å². The van der Waals surface area contributed by atoms with Crippen LogP contribution in [0.2, 0.25) is 0 Å². The molecule has 0 spiro atoms. The number of fused-ring (bicyclic) bond motifs is 2. The number of nitrogens with one attached hydrogen (secondary N) is 1. The van der Waals surface area contributed by atoms with E-state index in [0.717, 1.165) is 16.9 Å². The van der Waals surface area contributed by atoms with Gasteiger partial charge in [0.2, 0.25) is 5.91 Å². The number of nitrogens with zero attached hydrogens (tertiary/aromatic N) is 6. The molecule has 158 valence electrons. The van der Waals surface area contributed by atoms with Gasteiger partial charge < -0.3 is 10.1 Å². The quantitative estimate of drug-likeness (QED) is 0.536. The fraction of sp³-hybridized carbons (Fsp3) is 0.318. The molecule has 1 amide bonds. The van der Waals surface area contributed by atoms with E-state index in [2.05, 4.69) is 39.6 Å². The lowest BCUT2D eigenvalue weighted by Gasteiger charge is -2.23. The van der Waals surface area contributed by atoms with E-state index in [4.69, 9.17) is 4.74 Å². The molecule has 1 N–H and O–H groups in total. The summed E-state index contributed by atoms with van der Waals surface area (Å²) in [5.41, 5.74) is 2.66. The van der Waals surface area contributed by atoms with Crippen LogP contribution in [0, 0.1) is 12.8 Å². The predicted molar refractivity (Wildman–Crippen MR) is 115 cm³/mol. The summed E-state index contributed by atoms with van der Waals surface area (Å²) in [5, 5.41) is 20.2. The van der Waals surface area contributed by atoms with Gasteiger partial charge in [0, 0.05) is 17.9 Å². The van der Waals surface area contributed by atoms with E-state index in [1.54, 1.807) is 15.4 Å². The molecular formula is C22H23N7O2. The summed E-state index contributed by atoms with van der Waals surface area (Å²) in [5.74, 6) is 3.05. The van der Waals surface area contributed by atoms with E-state index in [0.29, 0.717) is 42.1 Å². The summed E-state index contributed by atoms with van der Waals surface area (Å²) >= 11 is 0. The number of hydrogen-bond acceptors (Lipinski definition) is 6. The first-order chi connectivity index (χ1) is 15.0. The van der Waals surface area contributed by atoms with Gasteiger partial charge in [-0.15, -0.1) is 15.3 Å². The number of benzene rings is 1. The Balaban J connectivity index is 1.49. The maximum absolute atomic E-state index is 12.5.